The summed E-state index contributed by atoms with van der Waals surface area (Å²) in [5, 5.41) is 13.5. The van der Waals surface area contributed by atoms with Gasteiger partial charge in [0.15, 0.2) is 6.61 Å². The number of carbonyl (C=O) groups is 1. The van der Waals surface area contributed by atoms with E-state index in [4.69, 9.17) is 19.2 Å². The third-order valence-corrected chi connectivity index (χ3v) is 4.33. The highest BCUT2D eigenvalue weighted by Gasteiger charge is 2.14. The molecule has 1 amide bonds. The van der Waals surface area contributed by atoms with E-state index < -0.39 is 0 Å². The average molecular weight is 372 g/mol. The highest BCUT2D eigenvalue weighted by atomic mass is 16.5. The Kier molecular flexibility index (Phi) is 4.56. The Labute approximate surface area is 160 Å². The lowest BCUT2D eigenvalue weighted by Gasteiger charge is -2.11. The van der Waals surface area contributed by atoms with E-state index in [0.717, 1.165) is 16.4 Å². The van der Waals surface area contributed by atoms with Crippen LogP contribution in [0.4, 0.5) is 5.69 Å². The van der Waals surface area contributed by atoms with Crippen LogP contribution in [0.15, 0.2) is 65.1 Å². The van der Waals surface area contributed by atoms with Gasteiger partial charge in [-0.3, -0.25) is 4.79 Å². The van der Waals surface area contributed by atoms with E-state index in [0.29, 0.717) is 28.3 Å². The first-order valence-corrected chi connectivity index (χ1v) is 8.60. The maximum absolute atomic E-state index is 12.3. The second-order valence-electron chi connectivity index (χ2n) is 6.12. The zero-order chi connectivity index (χ0) is 19.5. The number of benzene rings is 3. The Balaban J connectivity index is 1.53. The SMILES string of the molecule is COc1cc2c(cc1NC(=O)COc1ccc(C#N)cc1)oc1ccccc12. The number of rotatable bonds is 5. The first-order valence-electron chi connectivity index (χ1n) is 8.60. The van der Waals surface area contributed by atoms with Crippen molar-refractivity contribution in [2.24, 2.45) is 0 Å². The summed E-state index contributed by atoms with van der Waals surface area (Å²) in [7, 11) is 1.55. The summed E-state index contributed by atoms with van der Waals surface area (Å²) >= 11 is 0. The van der Waals surface area contributed by atoms with E-state index in [1.54, 1.807) is 37.4 Å². The summed E-state index contributed by atoms with van der Waals surface area (Å²) < 4.78 is 16.8. The topological polar surface area (TPSA) is 84.5 Å². The molecule has 28 heavy (non-hydrogen) atoms. The van der Waals surface area contributed by atoms with Gasteiger partial charge >= 0.3 is 0 Å². The lowest BCUT2D eigenvalue weighted by Crippen LogP contribution is -2.20. The Bertz CT molecular complexity index is 1200. The van der Waals surface area contributed by atoms with Crippen LogP contribution in [0.2, 0.25) is 0 Å². The molecule has 1 N–H and O–H groups in total. The van der Waals surface area contributed by atoms with Crippen LogP contribution in [0, 0.1) is 11.3 Å². The summed E-state index contributed by atoms with van der Waals surface area (Å²) in [6, 6.07) is 19.9. The van der Waals surface area contributed by atoms with E-state index in [-0.39, 0.29) is 12.5 Å². The highest BCUT2D eigenvalue weighted by Crippen LogP contribution is 2.36. The van der Waals surface area contributed by atoms with Gasteiger partial charge in [-0.2, -0.15) is 5.26 Å². The van der Waals surface area contributed by atoms with Crippen LogP contribution in [0.3, 0.4) is 0 Å². The standard InChI is InChI=1S/C22H16N2O4/c1-26-21-10-17-16-4-2-3-5-19(16)28-20(17)11-18(21)24-22(25)13-27-15-8-6-14(12-23)7-9-15/h2-11H,13H2,1H3,(H,24,25). The van der Waals surface area contributed by atoms with Crippen molar-refractivity contribution in [3.8, 4) is 17.6 Å². The number of anilines is 1. The smallest absolute Gasteiger partial charge is 0.262 e. The number of nitrogens with zero attached hydrogens (tertiary/aromatic N) is 1. The molecule has 0 aliphatic carbocycles. The predicted octanol–water partition coefficient (Wildman–Crippen LogP) is 4.48. The molecule has 6 heteroatoms. The molecule has 0 radical (unpaired) electrons. The number of furan rings is 1. The molecule has 0 unspecified atom stereocenters. The lowest BCUT2D eigenvalue weighted by molar-refractivity contribution is -0.118. The molecule has 6 nitrogen and oxygen atoms in total. The van der Waals surface area contributed by atoms with E-state index in [1.165, 1.54) is 0 Å². The molecular weight excluding hydrogens is 356 g/mol. The number of ether oxygens (including phenoxy) is 2. The fourth-order valence-electron chi connectivity index (χ4n) is 2.98. The van der Waals surface area contributed by atoms with Crippen molar-refractivity contribution in [1.82, 2.24) is 0 Å². The molecule has 4 aromatic rings. The molecule has 0 aliphatic rings. The van der Waals surface area contributed by atoms with Crippen molar-refractivity contribution in [3.05, 3.63) is 66.2 Å². The van der Waals surface area contributed by atoms with Gasteiger partial charge in [0.25, 0.3) is 5.91 Å². The Morgan fingerprint density at radius 2 is 1.86 bits per heavy atom. The van der Waals surface area contributed by atoms with Gasteiger partial charge in [0.1, 0.15) is 22.7 Å². The summed E-state index contributed by atoms with van der Waals surface area (Å²) in [5.74, 6) is 0.706. The predicted molar refractivity (Wildman–Crippen MR) is 106 cm³/mol. The summed E-state index contributed by atoms with van der Waals surface area (Å²) in [6.45, 7) is -0.173. The van der Waals surface area contributed by atoms with Crippen LogP contribution in [0.5, 0.6) is 11.5 Å². The van der Waals surface area contributed by atoms with Gasteiger partial charge in [-0.25, -0.2) is 0 Å². The van der Waals surface area contributed by atoms with Gasteiger partial charge in [0, 0.05) is 16.8 Å². The minimum Gasteiger partial charge on any atom is -0.495 e. The number of nitriles is 1. The molecule has 138 valence electrons. The van der Waals surface area contributed by atoms with E-state index in [1.807, 2.05) is 36.4 Å². The molecule has 0 saturated carbocycles. The van der Waals surface area contributed by atoms with Gasteiger partial charge < -0.3 is 19.2 Å². The van der Waals surface area contributed by atoms with Crippen LogP contribution in [0.25, 0.3) is 21.9 Å². The molecule has 0 fully saturated rings. The summed E-state index contributed by atoms with van der Waals surface area (Å²) in [4.78, 5) is 12.3. The lowest BCUT2D eigenvalue weighted by atomic mass is 10.1. The molecule has 0 spiro atoms. The largest absolute Gasteiger partial charge is 0.495 e. The molecule has 4 rings (SSSR count). The second kappa shape index (κ2) is 7.33. The maximum atomic E-state index is 12.3. The third-order valence-electron chi connectivity index (χ3n) is 4.33. The van der Waals surface area contributed by atoms with E-state index in [2.05, 4.69) is 5.32 Å². The van der Waals surface area contributed by atoms with E-state index >= 15 is 0 Å². The fraction of sp³-hybridized carbons (Fsp3) is 0.0909. The molecular formula is C22H16N2O4. The Morgan fingerprint density at radius 3 is 2.61 bits per heavy atom. The zero-order valence-corrected chi connectivity index (χ0v) is 15.1. The number of hydrogen-bond acceptors (Lipinski definition) is 5. The zero-order valence-electron chi connectivity index (χ0n) is 15.1. The second-order valence-corrected chi connectivity index (χ2v) is 6.12. The van der Waals surface area contributed by atoms with Crippen molar-refractivity contribution in [2.75, 3.05) is 19.0 Å². The van der Waals surface area contributed by atoms with Gasteiger partial charge in [-0.15, -0.1) is 0 Å². The van der Waals surface area contributed by atoms with Crippen LogP contribution in [0.1, 0.15) is 5.56 Å². The number of carbonyl (C=O) groups excluding carboxylic acids is 1. The molecule has 3 aromatic carbocycles. The van der Waals surface area contributed by atoms with Crippen molar-refractivity contribution in [3.63, 3.8) is 0 Å². The fourth-order valence-corrected chi connectivity index (χ4v) is 2.98. The molecule has 0 saturated heterocycles. The molecule has 0 aliphatic heterocycles. The summed E-state index contributed by atoms with van der Waals surface area (Å²) in [6.07, 6.45) is 0. The Hall–Kier alpha value is -3.98. The van der Waals surface area contributed by atoms with Crippen LogP contribution < -0.4 is 14.8 Å². The maximum Gasteiger partial charge on any atom is 0.262 e. The van der Waals surface area contributed by atoms with Crippen LogP contribution in [-0.2, 0) is 4.79 Å². The number of hydrogen-bond donors (Lipinski definition) is 1. The monoisotopic (exact) mass is 372 g/mol. The van der Waals surface area contributed by atoms with Crippen molar-refractivity contribution < 1.29 is 18.7 Å². The Morgan fingerprint density at radius 1 is 1.07 bits per heavy atom. The van der Waals surface area contributed by atoms with Crippen molar-refractivity contribution in [2.45, 2.75) is 0 Å². The number of para-hydroxylation sites is 1. The normalized spacial score (nSPS) is 10.6. The molecule has 1 heterocycles. The number of amides is 1. The third kappa shape index (κ3) is 3.33. The molecule has 0 atom stereocenters. The number of nitrogens with one attached hydrogen (secondary N) is 1. The molecule has 1 aromatic heterocycles. The minimum atomic E-state index is -0.335. The van der Waals surface area contributed by atoms with Crippen molar-refractivity contribution in [1.29, 1.82) is 5.26 Å². The minimum absolute atomic E-state index is 0.173. The van der Waals surface area contributed by atoms with Gasteiger partial charge in [-0.1, -0.05) is 18.2 Å². The molecule has 0 bridgehead atoms. The van der Waals surface area contributed by atoms with Crippen LogP contribution in [-0.4, -0.2) is 19.6 Å². The summed E-state index contributed by atoms with van der Waals surface area (Å²) in [5.41, 5.74) is 2.46. The number of fused-ring (bicyclic) bond motifs is 3. The number of methoxy groups -OCH3 is 1. The highest BCUT2D eigenvalue weighted by molar-refractivity contribution is 6.07. The van der Waals surface area contributed by atoms with Gasteiger partial charge in [0.2, 0.25) is 0 Å². The van der Waals surface area contributed by atoms with Gasteiger partial charge in [-0.05, 0) is 36.4 Å². The van der Waals surface area contributed by atoms with Crippen LogP contribution >= 0.6 is 0 Å². The quantitative estimate of drug-likeness (QED) is 0.558. The average Bonchev–Trinajstić information content (AvgIpc) is 3.09. The first kappa shape index (κ1) is 17.4. The first-order chi connectivity index (χ1) is 13.7. The van der Waals surface area contributed by atoms with Gasteiger partial charge in [0.05, 0.1) is 24.4 Å². The van der Waals surface area contributed by atoms with E-state index in [9.17, 15) is 4.79 Å². The van der Waals surface area contributed by atoms with Crippen molar-refractivity contribution >= 4 is 33.5 Å².